The highest BCUT2D eigenvalue weighted by Crippen LogP contribution is 2.29. The van der Waals surface area contributed by atoms with Gasteiger partial charge in [0, 0.05) is 51.5 Å². The summed E-state index contributed by atoms with van der Waals surface area (Å²) >= 11 is 0. The zero-order valence-corrected chi connectivity index (χ0v) is 15.9. The minimum absolute atomic E-state index is 0.0349. The van der Waals surface area contributed by atoms with Gasteiger partial charge in [-0.25, -0.2) is 0 Å². The summed E-state index contributed by atoms with van der Waals surface area (Å²) in [5.74, 6) is 0.909. The molecule has 3 heterocycles. The minimum Gasteiger partial charge on any atom is -0.342 e. The van der Waals surface area contributed by atoms with Gasteiger partial charge in [-0.2, -0.15) is 0 Å². The zero-order chi connectivity index (χ0) is 18.5. The van der Waals surface area contributed by atoms with Crippen LogP contribution in [0.15, 0.2) is 24.5 Å². The molecule has 0 aliphatic carbocycles. The van der Waals surface area contributed by atoms with E-state index in [4.69, 9.17) is 0 Å². The molecule has 142 valence electrons. The summed E-state index contributed by atoms with van der Waals surface area (Å²) in [7, 11) is 4.01. The molecule has 2 fully saturated rings. The highest BCUT2D eigenvalue weighted by atomic mass is 16.2. The molecule has 3 rings (SSSR count). The van der Waals surface area contributed by atoms with E-state index in [1.165, 1.54) is 5.56 Å². The minimum atomic E-state index is -0.0349. The summed E-state index contributed by atoms with van der Waals surface area (Å²) in [5, 5.41) is 0. The zero-order valence-electron chi connectivity index (χ0n) is 15.9. The highest BCUT2D eigenvalue weighted by molar-refractivity contribution is 5.84. The van der Waals surface area contributed by atoms with Crippen LogP contribution >= 0.6 is 0 Å². The third-order valence-corrected chi connectivity index (χ3v) is 5.65. The standard InChI is InChI=1S/C20H30N4O2/c1-22(2)13-14-24-15-18(3-4-19(24)25)20(26)23-11-7-17(8-12-23)16-5-9-21-10-6-16/h5-6,9-10,17-18H,3-4,7-8,11-15H2,1-2H3. The van der Waals surface area contributed by atoms with Crippen LogP contribution in [-0.2, 0) is 9.59 Å². The van der Waals surface area contributed by atoms with E-state index >= 15 is 0 Å². The van der Waals surface area contributed by atoms with Crippen LogP contribution < -0.4 is 0 Å². The average Bonchev–Trinajstić information content (AvgIpc) is 2.67. The first-order valence-corrected chi connectivity index (χ1v) is 9.66. The molecule has 2 amide bonds. The van der Waals surface area contributed by atoms with Gasteiger partial charge < -0.3 is 14.7 Å². The molecule has 1 atom stereocenters. The van der Waals surface area contributed by atoms with Gasteiger partial charge in [-0.15, -0.1) is 0 Å². The van der Waals surface area contributed by atoms with Crippen LogP contribution in [0.4, 0.5) is 0 Å². The lowest BCUT2D eigenvalue weighted by molar-refractivity contribution is -0.143. The van der Waals surface area contributed by atoms with E-state index in [2.05, 4.69) is 22.0 Å². The Labute approximate surface area is 156 Å². The Bertz CT molecular complexity index is 611. The van der Waals surface area contributed by atoms with Gasteiger partial charge in [0.15, 0.2) is 0 Å². The van der Waals surface area contributed by atoms with E-state index in [9.17, 15) is 9.59 Å². The first-order valence-electron chi connectivity index (χ1n) is 9.66. The molecule has 1 aromatic rings. The Balaban J connectivity index is 1.52. The predicted molar refractivity (Wildman–Crippen MR) is 101 cm³/mol. The van der Waals surface area contributed by atoms with Gasteiger partial charge in [-0.1, -0.05) is 0 Å². The van der Waals surface area contributed by atoms with Crippen molar-refractivity contribution in [3.63, 3.8) is 0 Å². The van der Waals surface area contributed by atoms with Gasteiger partial charge in [0.05, 0.1) is 5.92 Å². The van der Waals surface area contributed by atoms with Crippen LogP contribution in [0.3, 0.4) is 0 Å². The van der Waals surface area contributed by atoms with E-state index in [0.29, 0.717) is 31.8 Å². The number of pyridine rings is 1. The molecule has 0 saturated carbocycles. The number of likely N-dealkylation sites (N-methyl/N-ethyl adjacent to an activating group) is 1. The molecule has 26 heavy (non-hydrogen) atoms. The number of amides is 2. The van der Waals surface area contributed by atoms with E-state index in [0.717, 1.165) is 32.5 Å². The van der Waals surface area contributed by atoms with Crippen molar-refractivity contribution in [2.24, 2.45) is 5.92 Å². The van der Waals surface area contributed by atoms with Crippen molar-refractivity contribution in [2.45, 2.75) is 31.6 Å². The Morgan fingerprint density at radius 2 is 1.88 bits per heavy atom. The molecule has 2 aliphatic rings. The van der Waals surface area contributed by atoms with Crippen LogP contribution in [0.5, 0.6) is 0 Å². The van der Waals surface area contributed by atoms with Crippen molar-refractivity contribution in [1.82, 2.24) is 19.7 Å². The van der Waals surface area contributed by atoms with Crippen LogP contribution in [0.2, 0.25) is 0 Å². The fourth-order valence-corrected chi connectivity index (χ4v) is 3.98. The first kappa shape index (κ1) is 18.8. The maximum absolute atomic E-state index is 13.0. The topological polar surface area (TPSA) is 56.8 Å². The average molecular weight is 358 g/mol. The van der Waals surface area contributed by atoms with E-state index in [-0.39, 0.29) is 17.7 Å². The summed E-state index contributed by atoms with van der Waals surface area (Å²) in [5.41, 5.74) is 1.32. The molecule has 0 spiro atoms. The van der Waals surface area contributed by atoms with Gasteiger partial charge in [0.25, 0.3) is 0 Å². The van der Waals surface area contributed by atoms with Gasteiger partial charge in [0.1, 0.15) is 0 Å². The Morgan fingerprint density at radius 1 is 1.19 bits per heavy atom. The Kier molecular flexibility index (Phi) is 6.25. The van der Waals surface area contributed by atoms with Crippen molar-refractivity contribution in [1.29, 1.82) is 0 Å². The maximum atomic E-state index is 13.0. The summed E-state index contributed by atoms with van der Waals surface area (Å²) in [6.07, 6.45) is 6.89. The molecular formula is C20H30N4O2. The monoisotopic (exact) mass is 358 g/mol. The number of piperidine rings is 2. The number of aromatic nitrogens is 1. The molecule has 2 saturated heterocycles. The lowest BCUT2D eigenvalue weighted by Gasteiger charge is -2.38. The van der Waals surface area contributed by atoms with E-state index < -0.39 is 0 Å². The van der Waals surface area contributed by atoms with Crippen LogP contribution in [-0.4, -0.2) is 78.3 Å². The smallest absolute Gasteiger partial charge is 0.227 e. The lowest BCUT2D eigenvalue weighted by Crippen LogP contribution is -2.49. The molecule has 0 N–H and O–H groups in total. The van der Waals surface area contributed by atoms with Gasteiger partial charge in [-0.05, 0) is 57.0 Å². The summed E-state index contributed by atoms with van der Waals surface area (Å²) in [4.78, 5) is 35.1. The normalized spacial score (nSPS) is 22.1. The van der Waals surface area contributed by atoms with E-state index in [1.807, 2.05) is 36.3 Å². The molecule has 1 unspecified atom stereocenters. The number of carbonyl (C=O) groups excluding carboxylic acids is 2. The number of hydrogen-bond donors (Lipinski definition) is 0. The third-order valence-electron chi connectivity index (χ3n) is 5.65. The molecule has 0 bridgehead atoms. The van der Waals surface area contributed by atoms with E-state index in [1.54, 1.807) is 0 Å². The highest BCUT2D eigenvalue weighted by Gasteiger charge is 2.34. The first-order chi connectivity index (χ1) is 12.5. The van der Waals surface area contributed by atoms with Crippen molar-refractivity contribution in [3.8, 4) is 0 Å². The van der Waals surface area contributed by atoms with Crippen LogP contribution in [0.1, 0.15) is 37.2 Å². The molecule has 0 aromatic carbocycles. The van der Waals surface area contributed by atoms with Gasteiger partial charge in [-0.3, -0.25) is 14.6 Å². The second-order valence-electron chi connectivity index (χ2n) is 7.76. The lowest BCUT2D eigenvalue weighted by atomic mass is 9.88. The SMILES string of the molecule is CN(C)CCN1CC(C(=O)N2CCC(c3ccncc3)CC2)CCC1=O. The number of nitrogens with zero attached hydrogens (tertiary/aromatic N) is 4. The molecule has 6 heteroatoms. The number of hydrogen-bond acceptors (Lipinski definition) is 4. The number of likely N-dealkylation sites (tertiary alicyclic amines) is 2. The van der Waals surface area contributed by atoms with Crippen molar-refractivity contribution < 1.29 is 9.59 Å². The third kappa shape index (κ3) is 4.61. The second-order valence-corrected chi connectivity index (χ2v) is 7.76. The molecule has 0 radical (unpaired) electrons. The second kappa shape index (κ2) is 8.62. The Morgan fingerprint density at radius 3 is 2.54 bits per heavy atom. The van der Waals surface area contributed by atoms with Crippen LogP contribution in [0, 0.1) is 5.92 Å². The van der Waals surface area contributed by atoms with Crippen molar-refractivity contribution in [2.75, 3.05) is 46.8 Å². The molecule has 1 aromatic heterocycles. The van der Waals surface area contributed by atoms with Crippen LogP contribution in [0.25, 0.3) is 0 Å². The van der Waals surface area contributed by atoms with Crippen molar-refractivity contribution in [3.05, 3.63) is 30.1 Å². The molecular weight excluding hydrogens is 328 g/mol. The fourth-order valence-electron chi connectivity index (χ4n) is 3.98. The van der Waals surface area contributed by atoms with Gasteiger partial charge >= 0.3 is 0 Å². The number of carbonyl (C=O) groups is 2. The molecule has 2 aliphatic heterocycles. The number of rotatable bonds is 5. The predicted octanol–water partition coefficient (Wildman–Crippen LogP) is 1.59. The molecule has 6 nitrogen and oxygen atoms in total. The van der Waals surface area contributed by atoms with Gasteiger partial charge in [0.2, 0.25) is 11.8 Å². The quantitative estimate of drug-likeness (QED) is 0.802. The largest absolute Gasteiger partial charge is 0.342 e. The Hall–Kier alpha value is -1.95. The summed E-state index contributed by atoms with van der Waals surface area (Å²) in [6, 6.07) is 4.16. The fraction of sp³-hybridized carbons (Fsp3) is 0.650. The maximum Gasteiger partial charge on any atom is 0.227 e. The van der Waals surface area contributed by atoms with Crippen molar-refractivity contribution >= 4 is 11.8 Å². The summed E-state index contributed by atoms with van der Waals surface area (Å²) in [6.45, 7) is 3.75. The summed E-state index contributed by atoms with van der Waals surface area (Å²) < 4.78 is 0.